The fraction of sp³-hybridized carbons (Fsp3) is 0.130. The minimum absolute atomic E-state index is 0.150. The van der Waals surface area contributed by atoms with Crippen LogP contribution in [0.15, 0.2) is 72.9 Å². The highest BCUT2D eigenvalue weighted by Gasteiger charge is 2.20. The van der Waals surface area contributed by atoms with Crippen LogP contribution < -0.4 is 5.32 Å². The summed E-state index contributed by atoms with van der Waals surface area (Å²) in [6.07, 6.45) is 1.74. The zero-order valence-electron chi connectivity index (χ0n) is 15.4. The molecule has 1 unspecified atom stereocenters. The van der Waals surface area contributed by atoms with E-state index in [1.54, 1.807) is 6.20 Å². The third-order valence-electron chi connectivity index (χ3n) is 4.98. The summed E-state index contributed by atoms with van der Waals surface area (Å²) in [5.41, 5.74) is 5.72. The molecule has 4 rings (SSSR count). The standard InChI is InChI=1S/C23H21N3O/c1-15-11-12-19-18(16(15)2)14-21(25-19)23(27)26-22(17-8-4-3-5-9-17)20-10-6-7-13-24-20/h3-14,22,25H,1-2H3,(H,26,27). The van der Waals surface area contributed by atoms with E-state index in [0.29, 0.717) is 5.69 Å². The molecule has 4 heteroatoms. The van der Waals surface area contributed by atoms with E-state index in [2.05, 4.69) is 35.2 Å². The van der Waals surface area contributed by atoms with E-state index in [1.165, 1.54) is 11.1 Å². The predicted octanol–water partition coefficient (Wildman–Crippen LogP) is 4.70. The minimum atomic E-state index is -0.311. The molecule has 0 saturated heterocycles. The first-order valence-electron chi connectivity index (χ1n) is 8.99. The fourth-order valence-electron chi connectivity index (χ4n) is 3.31. The van der Waals surface area contributed by atoms with Crippen molar-refractivity contribution in [1.29, 1.82) is 0 Å². The molecule has 0 spiro atoms. The van der Waals surface area contributed by atoms with Gasteiger partial charge in [-0.05, 0) is 54.8 Å². The average Bonchev–Trinajstić information content (AvgIpc) is 3.15. The predicted molar refractivity (Wildman–Crippen MR) is 108 cm³/mol. The van der Waals surface area contributed by atoms with Gasteiger partial charge in [-0.2, -0.15) is 0 Å². The molecule has 1 amide bonds. The molecule has 134 valence electrons. The Morgan fingerprint density at radius 1 is 1.00 bits per heavy atom. The number of rotatable bonds is 4. The largest absolute Gasteiger partial charge is 0.351 e. The Hall–Kier alpha value is -3.40. The number of carbonyl (C=O) groups excluding carboxylic acids is 1. The lowest BCUT2D eigenvalue weighted by Gasteiger charge is -2.18. The molecule has 4 aromatic rings. The number of aryl methyl sites for hydroxylation is 2. The van der Waals surface area contributed by atoms with Gasteiger partial charge in [0.2, 0.25) is 0 Å². The molecule has 1 atom stereocenters. The molecule has 0 radical (unpaired) electrons. The lowest BCUT2D eigenvalue weighted by Crippen LogP contribution is -2.30. The van der Waals surface area contributed by atoms with Crippen LogP contribution in [0.5, 0.6) is 0 Å². The minimum Gasteiger partial charge on any atom is -0.351 e. The second kappa shape index (κ2) is 7.08. The number of carbonyl (C=O) groups is 1. The highest BCUT2D eigenvalue weighted by Crippen LogP contribution is 2.24. The fourth-order valence-corrected chi connectivity index (χ4v) is 3.31. The van der Waals surface area contributed by atoms with E-state index in [1.807, 2.05) is 60.7 Å². The van der Waals surface area contributed by atoms with Crippen molar-refractivity contribution in [2.24, 2.45) is 0 Å². The molecule has 0 aliphatic rings. The number of hydrogen-bond acceptors (Lipinski definition) is 2. The number of fused-ring (bicyclic) bond motifs is 1. The smallest absolute Gasteiger partial charge is 0.268 e. The number of aromatic nitrogens is 2. The third-order valence-corrected chi connectivity index (χ3v) is 4.98. The Morgan fingerprint density at radius 2 is 1.78 bits per heavy atom. The normalized spacial score (nSPS) is 12.1. The van der Waals surface area contributed by atoms with Crippen LogP contribution in [0.25, 0.3) is 10.9 Å². The van der Waals surface area contributed by atoms with Gasteiger partial charge < -0.3 is 10.3 Å². The SMILES string of the molecule is Cc1ccc2[nH]c(C(=O)NC(c3ccccc3)c3ccccn3)cc2c1C. The van der Waals surface area contributed by atoms with Gasteiger partial charge in [-0.3, -0.25) is 9.78 Å². The Balaban J connectivity index is 1.69. The van der Waals surface area contributed by atoms with Crippen LogP contribution in [0.2, 0.25) is 0 Å². The molecule has 27 heavy (non-hydrogen) atoms. The zero-order valence-corrected chi connectivity index (χ0v) is 15.4. The van der Waals surface area contributed by atoms with Crippen LogP contribution in [-0.4, -0.2) is 15.9 Å². The van der Waals surface area contributed by atoms with Gasteiger partial charge in [0.05, 0.1) is 11.7 Å². The summed E-state index contributed by atoms with van der Waals surface area (Å²) in [5.74, 6) is -0.150. The molecule has 0 saturated carbocycles. The summed E-state index contributed by atoms with van der Waals surface area (Å²) in [5, 5.41) is 4.21. The van der Waals surface area contributed by atoms with E-state index in [-0.39, 0.29) is 11.9 Å². The van der Waals surface area contributed by atoms with Gasteiger partial charge in [0.1, 0.15) is 5.69 Å². The number of amides is 1. The average molecular weight is 355 g/mol. The first-order chi connectivity index (χ1) is 13.1. The number of aromatic amines is 1. The lowest BCUT2D eigenvalue weighted by molar-refractivity contribution is 0.0938. The Morgan fingerprint density at radius 3 is 2.52 bits per heavy atom. The molecule has 0 aliphatic carbocycles. The zero-order chi connectivity index (χ0) is 18.8. The molecule has 2 aromatic carbocycles. The van der Waals surface area contributed by atoms with Crippen LogP contribution in [0.4, 0.5) is 0 Å². The summed E-state index contributed by atoms with van der Waals surface area (Å²) in [4.78, 5) is 20.7. The monoisotopic (exact) mass is 355 g/mol. The molecule has 0 aliphatic heterocycles. The van der Waals surface area contributed by atoms with Crippen LogP contribution in [0.3, 0.4) is 0 Å². The molecular weight excluding hydrogens is 334 g/mol. The van der Waals surface area contributed by atoms with E-state index in [4.69, 9.17) is 0 Å². The Labute approximate surface area is 158 Å². The van der Waals surface area contributed by atoms with Crippen molar-refractivity contribution in [1.82, 2.24) is 15.3 Å². The number of nitrogens with zero attached hydrogens (tertiary/aromatic N) is 1. The summed E-state index contributed by atoms with van der Waals surface area (Å²) < 4.78 is 0. The van der Waals surface area contributed by atoms with Crippen LogP contribution >= 0.6 is 0 Å². The summed E-state index contributed by atoms with van der Waals surface area (Å²) in [6.45, 7) is 4.15. The Bertz CT molecular complexity index is 1050. The van der Waals surface area contributed by atoms with E-state index < -0.39 is 0 Å². The second-order valence-electron chi connectivity index (χ2n) is 6.72. The number of pyridine rings is 1. The topological polar surface area (TPSA) is 57.8 Å². The first-order valence-corrected chi connectivity index (χ1v) is 8.99. The Kier molecular flexibility index (Phi) is 4.47. The quantitative estimate of drug-likeness (QED) is 0.557. The van der Waals surface area contributed by atoms with Crippen LogP contribution in [-0.2, 0) is 0 Å². The van der Waals surface area contributed by atoms with Gasteiger partial charge in [-0.25, -0.2) is 0 Å². The van der Waals surface area contributed by atoms with Gasteiger partial charge in [0.15, 0.2) is 0 Å². The highest BCUT2D eigenvalue weighted by atomic mass is 16.1. The molecule has 4 nitrogen and oxygen atoms in total. The van der Waals surface area contributed by atoms with Crippen molar-refractivity contribution in [3.63, 3.8) is 0 Å². The van der Waals surface area contributed by atoms with Crippen LogP contribution in [0, 0.1) is 13.8 Å². The molecular formula is C23H21N3O. The second-order valence-corrected chi connectivity index (χ2v) is 6.72. The summed E-state index contributed by atoms with van der Waals surface area (Å²) in [7, 11) is 0. The summed E-state index contributed by atoms with van der Waals surface area (Å²) >= 11 is 0. The van der Waals surface area contributed by atoms with E-state index in [9.17, 15) is 4.79 Å². The van der Waals surface area contributed by atoms with Gasteiger partial charge in [-0.15, -0.1) is 0 Å². The number of nitrogens with one attached hydrogen (secondary N) is 2. The maximum Gasteiger partial charge on any atom is 0.268 e. The first kappa shape index (κ1) is 17.0. The molecule has 0 bridgehead atoms. The van der Waals surface area contributed by atoms with Crippen molar-refractivity contribution < 1.29 is 4.79 Å². The van der Waals surface area contributed by atoms with Crippen molar-refractivity contribution in [3.8, 4) is 0 Å². The molecule has 2 N–H and O–H groups in total. The lowest BCUT2D eigenvalue weighted by atomic mass is 10.0. The maximum absolute atomic E-state index is 13.0. The summed E-state index contributed by atoms with van der Waals surface area (Å²) in [6, 6.07) is 21.3. The molecule has 2 aromatic heterocycles. The number of benzene rings is 2. The van der Waals surface area contributed by atoms with Crippen molar-refractivity contribution in [2.75, 3.05) is 0 Å². The van der Waals surface area contributed by atoms with Gasteiger partial charge >= 0.3 is 0 Å². The van der Waals surface area contributed by atoms with E-state index in [0.717, 1.165) is 22.2 Å². The maximum atomic E-state index is 13.0. The number of hydrogen-bond donors (Lipinski definition) is 2. The van der Waals surface area contributed by atoms with Crippen LogP contribution in [0.1, 0.15) is 38.9 Å². The van der Waals surface area contributed by atoms with Crippen molar-refractivity contribution >= 4 is 16.8 Å². The van der Waals surface area contributed by atoms with E-state index >= 15 is 0 Å². The van der Waals surface area contributed by atoms with Crippen molar-refractivity contribution in [3.05, 3.63) is 101 Å². The van der Waals surface area contributed by atoms with Gasteiger partial charge in [0, 0.05) is 17.1 Å². The van der Waals surface area contributed by atoms with Gasteiger partial charge in [0.25, 0.3) is 5.91 Å². The van der Waals surface area contributed by atoms with Crippen molar-refractivity contribution in [2.45, 2.75) is 19.9 Å². The third kappa shape index (κ3) is 3.34. The molecule has 2 heterocycles. The number of H-pyrrole nitrogens is 1. The highest BCUT2D eigenvalue weighted by molar-refractivity contribution is 5.99. The molecule has 0 fully saturated rings. The van der Waals surface area contributed by atoms with Gasteiger partial charge in [-0.1, -0.05) is 42.5 Å².